The summed E-state index contributed by atoms with van der Waals surface area (Å²) in [5.74, 6) is 0.540. The van der Waals surface area contributed by atoms with Crippen LogP contribution in [-0.2, 0) is 16.6 Å². The molecule has 0 bridgehead atoms. The van der Waals surface area contributed by atoms with Crippen LogP contribution < -0.4 is 9.46 Å². The van der Waals surface area contributed by atoms with E-state index in [1.807, 2.05) is 29.2 Å². The van der Waals surface area contributed by atoms with Crippen LogP contribution in [0.3, 0.4) is 0 Å². The molecule has 0 radical (unpaired) electrons. The zero-order valence-corrected chi connectivity index (χ0v) is 19.8. The van der Waals surface area contributed by atoms with Gasteiger partial charge in [-0.2, -0.15) is 0 Å². The Kier molecular flexibility index (Phi) is 6.70. The van der Waals surface area contributed by atoms with Gasteiger partial charge in [-0.15, -0.1) is 0 Å². The minimum absolute atomic E-state index is 0.0528. The molecule has 8 heteroatoms. The van der Waals surface area contributed by atoms with E-state index in [1.165, 1.54) is 31.2 Å². The van der Waals surface area contributed by atoms with Crippen LogP contribution in [0.1, 0.15) is 46.0 Å². The van der Waals surface area contributed by atoms with E-state index in [1.54, 1.807) is 31.4 Å². The molecule has 3 aromatic rings. The predicted octanol–water partition coefficient (Wildman–Crippen LogP) is 4.50. The quantitative estimate of drug-likeness (QED) is 0.457. The lowest BCUT2D eigenvalue weighted by atomic mass is 10.1. The number of nitrogens with one attached hydrogen (secondary N) is 1. The lowest BCUT2D eigenvalue weighted by molar-refractivity contribution is 0.0729. The molecule has 1 aliphatic rings. The number of carbonyl (C=O) groups is 2. The Morgan fingerprint density at radius 3 is 2.03 bits per heavy atom. The number of Topliss-reactive ketones (excluding diaryl/α,β-unsaturated/α-hetero) is 1. The predicted molar refractivity (Wildman–Crippen MR) is 130 cm³/mol. The fourth-order valence-electron chi connectivity index (χ4n) is 3.61. The molecule has 0 unspecified atom stereocenters. The second-order valence-electron chi connectivity index (χ2n) is 8.28. The maximum atomic E-state index is 13.2. The van der Waals surface area contributed by atoms with Gasteiger partial charge in [0.2, 0.25) is 0 Å². The minimum atomic E-state index is -3.82. The Hall–Kier alpha value is -3.65. The molecule has 176 valence electrons. The van der Waals surface area contributed by atoms with Gasteiger partial charge >= 0.3 is 0 Å². The number of nitrogens with zero attached hydrogens (tertiary/aromatic N) is 1. The first-order valence-corrected chi connectivity index (χ1v) is 12.4. The van der Waals surface area contributed by atoms with Crippen molar-refractivity contribution >= 4 is 27.4 Å². The summed E-state index contributed by atoms with van der Waals surface area (Å²) in [6, 6.07) is 20.0. The van der Waals surface area contributed by atoms with Gasteiger partial charge in [-0.1, -0.05) is 24.3 Å². The average Bonchev–Trinajstić information content (AvgIpc) is 3.68. The number of methoxy groups -OCH3 is 1. The van der Waals surface area contributed by atoms with Gasteiger partial charge in [-0.25, -0.2) is 8.42 Å². The summed E-state index contributed by atoms with van der Waals surface area (Å²) in [4.78, 5) is 26.5. The number of anilines is 1. The molecule has 1 amide bonds. The Balaban J connectivity index is 1.46. The first kappa shape index (κ1) is 23.5. The van der Waals surface area contributed by atoms with Crippen molar-refractivity contribution in [1.29, 1.82) is 0 Å². The fourth-order valence-corrected chi connectivity index (χ4v) is 4.67. The Labute approximate surface area is 199 Å². The highest BCUT2D eigenvalue weighted by atomic mass is 32.2. The van der Waals surface area contributed by atoms with Crippen LogP contribution in [0.25, 0.3) is 0 Å². The standard InChI is InChI=1S/C26H26N2O5S/c1-18(29)20-7-15-25(16-8-20)34(31,32)27-22-9-5-21(6-10-22)26(30)28(23-11-12-23)17-19-3-13-24(33-2)14-4-19/h3-10,13-16,23,27H,11-12,17H2,1-2H3. The maximum Gasteiger partial charge on any atom is 0.261 e. The largest absolute Gasteiger partial charge is 0.497 e. The smallest absolute Gasteiger partial charge is 0.261 e. The Bertz CT molecular complexity index is 1280. The summed E-state index contributed by atoms with van der Waals surface area (Å²) in [5.41, 5.74) is 2.30. The highest BCUT2D eigenvalue weighted by Gasteiger charge is 2.33. The molecule has 34 heavy (non-hydrogen) atoms. The van der Waals surface area contributed by atoms with E-state index in [2.05, 4.69) is 4.72 Å². The van der Waals surface area contributed by atoms with Crippen LogP contribution in [0.15, 0.2) is 77.7 Å². The number of benzene rings is 3. The normalized spacial score (nSPS) is 13.2. The molecule has 1 fully saturated rings. The van der Waals surface area contributed by atoms with Crippen molar-refractivity contribution in [3.63, 3.8) is 0 Å². The molecule has 0 atom stereocenters. The summed E-state index contributed by atoms with van der Waals surface area (Å²) >= 11 is 0. The number of rotatable bonds is 9. The molecule has 1 N–H and O–H groups in total. The molecule has 4 rings (SSSR count). The molecule has 7 nitrogen and oxygen atoms in total. The lowest BCUT2D eigenvalue weighted by Crippen LogP contribution is -2.32. The fraction of sp³-hybridized carbons (Fsp3) is 0.231. The SMILES string of the molecule is COc1ccc(CN(C(=O)c2ccc(NS(=O)(=O)c3ccc(C(C)=O)cc3)cc2)C2CC2)cc1. The van der Waals surface area contributed by atoms with E-state index < -0.39 is 10.0 Å². The molecule has 1 saturated carbocycles. The van der Waals surface area contributed by atoms with Gasteiger partial charge in [0.1, 0.15) is 5.75 Å². The number of ketones is 1. The molecular weight excluding hydrogens is 452 g/mol. The third kappa shape index (κ3) is 5.46. The summed E-state index contributed by atoms with van der Waals surface area (Å²) in [7, 11) is -2.21. The molecule has 0 aromatic heterocycles. The summed E-state index contributed by atoms with van der Waals surface area (Å²) < 4.78 is 33.1. The highest BCUT2D eigenvalue weighted by molar-refractivity contribution is 7.92. The number of amides is 1. The zero-order valence-electron chi connectivity index (χ0n) is 19.0. The van der Waals surface area contributed by atoms with Crippen molar-refractivity contribution in [3.8, 4) is 5.75 Å². The molecule has 0 spiro atoms. The third-order valence-electron chi connectivity index (χ3n) is 5.72. The van der Waals surface area contributed by atoms with Gasteiger partial charge in [0.15, 0.2) is 5.78 Å². The number of sulfonamides is 1. The average molecular weight is 479 g/mol. The van der Waals surface area contributed by atoms with Crippen molar-refractivity contribution in [3.05, 3.63) is 89.5 Å². The van der Waals surface area contributed by atoms with Crippen LogP contribution in [0.4, 0.5) is 5.69 Å². The first-order chi connectivity index (χ1) is 16.3. The van der Waals surface area contributed by atoms with Crippen molar-refractivity contribution in [2.45, 2.75) is 37.2 Å². The number of hydrogen-bond donors (Lipinski definition) is 1. The van der Waals surface area contributed by atoms with Crippen molar-refractivity contribution in [1.82, 2.24) is 4.90 Å². The number of carbonyl (C=O) groups excluding carboxylic acids is 2. The molecule has 0 aliphatic heterocycles. The first-order valence-electron chi connectivity index (χ1n) is 10.9. The zero-order chi connectivity index (χ0) is 24.3. The van der Waals surface area contributed by atoms with E-state index in [9.17, 15) is 18.0 Å². The van der Waals surface area contributed by atoms with Crippen LogP contribution in [0.2, 0.25) is 0 Å². The number of hydrogen-bond acceptors (Lipinski definition) is 5. The lowest BCUT2D eigenvalue weighted by Gasteiger charge is -2.23. The Morgan fingerprint density at radius 2 is 1.50 bits per heavy atom. The van der Waals surface area contributed by atoms with E-state index in [4.69, 9.17) is 4.74 Å². The molecule has 0 heterocycles. The molecule has 1 aliphatic carbocycles. The molecule has 0 saturated heterocycles. The van der Waals surface area contributed by atoms with Gasteiger partial charge < -0.3 is 9.64 Å². The summed E-state index contributed by atoms with van der Waals surface area (Å²) in [5, 5.41) is 0. The second-order valence-corrected chi connectivity index (χ2v) is 9.96. The van der Waals surface area contributed by atoms with Crippen LogP contribution in [-0.4, -0.2) is 38.2 Å². The topological polar surface area (TPSA) is 92.8 Å². The minimum Gasteiger partial charge on any atom is -0.497 e. The Morgan fingerprint density at radius 1 is 0.912 bits per heavy atom. The van der Waals surface area contributed by atoms with Crippen LogP contribution >= 0.6 is 0 Å². The molecular formula is C26H26N2O5S. The van der Waals surface area contributed by atoms with Crippen molar-refractivity contribution < 1.29 is 22.7 Å². The van der Waals surface area contributed by atoms with E-state index in [0.29, 0.717) is 23.4 Å². The summed E-state index contributed by atoms with van der Waals surface area (Å²) in [6.07, 6.45) is 1.95. The van der Waals surface area contributed by atoms with Crippen LogP contribution in [0.5, 0.6) is 5.75 Å². The van der Waals surface area contributed by atoms with E-state index in [-0.39, 0.29) is 22.6 Å². The summed E-state index contributed by atoms with van der Waals surface area (Å²) in [6.45, 7) is 1.92. The molecule has 3 aromatic carbocycles. The van der Waals surface area contributed by atoms with Crippen LogP contribution in [0, 0.1) is 0 Å². The highest BCUT2D eigenvalue weighted by Crippen LogP contribution is 2.30. The van der Waals surface area contributed by atoms with E-state index >= 15 is 0 Å². The van der Waals surface area contributed by atoms with Crippen molar-refractivity contribution in [2.75, 3.05) is 11.8 Å². The van der Waals surface area contributed by atoms with Crippen molar-refractivity contribution in [2.24, 2.45) is 0 Å². The van der Waals surface area contributed by atoms with Gasteiger partial charge in [-0.3, -0.25) is 14.3 Å². The number of ether oxygens (including phenoxy) is 1. The third-order valence-corrected chi connectivity index (χ3v) is 7.11. The monoisotopic (exact) mass is 478 g/mol. The van der Waals surface area contributed by atoms with Gasteiger partial charge in [-0.05, 0) is 73.9 Å². The van der Waals surface area contributed by atoms with Gasteiger partial charge in [0.05, 0.1) is 12.0 Å². The maximum absolute atomic E-state index is 13.2. The van der Waals surface area contributed by atoms with Gasteiger partial charge in [0, 0.05) is 29.4 Å². The van der Waals surface area contributed by atoms with Gasteiger partial charge in [0.25, 0.3) is 15.9 Å². The van der Waals surface area contributed by atoms with E-state index in [0.717, 1.165) is 24.2 Å². The second kappa shape index (κ2) is 9.69.